The number of carbonyl (C=O) groups is 1. The van der Waals surface area contributed by atoms with Crippen molar-refractivity contribution in [3.63, 3.8) is 0 Å². The maximum absolute atomic E-state index is 12.8. The first-order valence-electron chi connectivity index (χ1n) is 8.36. The van der Waals surface area contributed by atoms with E-state index in [1.165, 1.54) is 0 Å². The molecule has 0 unspecified atom stereocenters. The molecule has 1 aliphatic rings. The fourth-order valence-electron chi connectivity index (χ4n) is 3.33. The summed E-state index contributed by atoms with van der Waals surface area (Å²) in [4.78, 5) is 14.7. The molecule has 1 aliphatic heterocycles. The highest BCUT2D eigenvalue weighted by Gasteiger charge is 2.41. The summed E-state index contributed by atoms with van der Waals surface area (Å²) in [5.41, 5.74) is 0.400. The molecule has 1 aromatic rings. The molecule has 4 heteroatoms. The molecule has 23 heavy (non-hydrogen) atoms. The fraction of sp³-hybridized carbons (Fsp3) is 0.632. The smallest absolute Gasteiger partial charge is 0.410 e. The van der Waals surface area contributed by atoms with E-state index in [0.29, 0.717) is 0 Å². The number of rotatable bonds is 2. The Morgan fingerprint density at radius 3 is 2.61 bits per heavy atom. The van der Waals surface area contributed by atoms with E-state index in [4.69, 9.17) is 16.3 Å². The van der Waals surface area contributed by atoms with E-state index in [1.807, 2.05) is 49.9 Å². The standard InChI is InChI=1S/C19H28ClNO2/c1-18(2,3)23-17(22)21-15(10-8-12-19(21,4)5)13-14-9-6-7-11-16(14)20/h6-7,9,11,15H,8,10,12-13H2,1-5H3/t15-/m1/s1. The summed E-state index contributed by atoms with van der Waals surface area (Å²) in [6, 6.07) is 7.99. The second-order valence-electron chi connectivity index (χ2n) is 8.00. The molecule has 0 saturated carbocycles. The van der Waals surface area contributed by atoms with Crippen LogP contribution in [0.1, 0.15) is 59.4 Å². The molecule has 2 rings (SSSR count). The van der Waals surface area contributed by atoms with Gasteiger partial charge >= 0.3 is 6.09 Å². The third-order valence-electron chi connectivity index (χ3n) is 4.35. The molecular weight excluding hydrogens is 310 g/mol. The Hall–Kier alpha value is -1.22. The monoisotopic (exact) mass is 337 g/mol. The summed E-state index contributed by atoms with van der Waals surface area (Å²) < 4.78 is 5.67. The van der Waals surface area contributed by atoms with Crippen molar-refractivity contribution < 1.29 is 9.53 Å². The number of nitrogens with zero attached hydrogens (tertiary/aromatic N) is 1. The predicted octanol–water partition coefficient (Wildman–Crippen LogP) is 5.45. The maximum Gasteiger partial charge on any atom is 0.410 e. The van der Waals surface area contributed by atoms with Crippen LogP contribution in [0.25, 0.3) is 0 Å². The number of hydrogen-bond donors (Lipinski definition) is 0. The summed E-state index contributed by atoms with van der Waals surface area (Å²) in [5.74, 6) is 0. The third-order valence-corrected chi connectivity index (χ3v) is 4.72. The number of halogens is 1. The zero-order chi connectivity index (χ0) is 17.3. The van der Waals surface area contributed by atoms with Gasteiger partial charge in [-0.05, 0) is 71.9 Å². The van der Waals surface area contributed by atoms with Crippen molar-refractivity contribution in [3.8, 4) is 0 Å². The van der Waals surface area contributed by atoms with Gasteiger partial charge < -0.3 is 4.74 Å². The molecular formula is C19H28ClNO2. The number of likely N-dealkylation sites (tertiary alicyclic amines) is 1. The Balaban J connectivity index is 2.25. The molecule has 0 N–H and O–H groups in total. The molecule has 128 valence electrons. The highest BCUT2D eigenvalue weighted by atomic mass is 35.5. The minimum atomic E-state index is -0.487. The van der Waals surface area contributed by atoms with Gasteiger partial charge in [0.2, 0.25) is 0 Å². The van der Waals surface area contributed by atoms with Crippen molar-refractivity contribution in [1.82, 2.24) is 4.90 Å². The van der Waals surface area contributed by atoms with E-state index >= 15 is 0 Å². The first-order chi connectivity index (χ1) is 10.6. The minimum Gasteiger partial charge on any atom is -0.444 e. The number of benzene rings is 1. The van der Waals surface area contributed by atoms with Gasteiger partial charge in [0.15, 0.2) is 0 Å². The predicted molar refractivity (Wildman–Crippen MR) is 94.9 cm³/mol. The van der Waals surface area contributed by atoms with Gasteiger partial charge in [0.1, 0.15) is 5.60 Å². The second kappa shape index (κ2) is 6.72. The lowest BCUT2D eigenvalue weighted by Crippen LogP contribution is -2.57. The zero-order valence-corrected chi connectivity index (χ0v) is 15.6. The van der Waals surface area contributed by atoms with Gasteiger partial charge in [0.05, 0.1) is 0 Å². The average molecular weight is 338 g/mol. The topological polar surface area (TPSA) is 29.5 Å². The van der Waals surface area contributed by atoms with E-state index < -0.39 is 5.60 Å². The summed E-state index contributed by atoms with van der Waals surface area (Å²) >= 11 is 6.31. The SMILES string of the molecule is CC(C)(C)OC(=O)N1[C@@H](Cc2ccccc2Cl)CCCC1(C)C. The maximum atomic E-state index is 12.8. The molecule has 1 amide bonds. The van der Waals surface area contributed by atoms with Crippen LogP contribution < -0.4 is 0 Å². The number of carbonyl (C=O) groups excluding carboxylic acids is 1. The molecule has 0 spiro atoms. The van der Waals surface area contributed by atoms with Crippen molar-refractivity contribution >= 4 is 17.7 Å². The fourth-order valence-corrected chi connectivity index (χ4v) is 3.55. The van der Waals surface area contributed by atoms with Crippen molar-refractivity contribution in [3.05, 3.63) is 34.9 Å². The van der Waals surface area contributed by atoms with E-state index in [0.717, 1.165) is 36.3 Å². The van der Waals surface area contributed by atoms with Crippen molar-refractivity contribution in [2.24, 2.45) is 0 Å². The molecule has 0 bridgehead atoms. The van der Waals surface area contributed by atoms with Crippen LogP contribution in [-0.2, 0) is 11.2 Å². The zero-order valence-electron chi connectivity index (χ0n) is 14.9. The third kappa shape index (κ3) is 4.63. The molecule has 1 fully saturated rings. The number of ether oxygens (including phenoxy) is 1. The van der Waals surface area contributed by atoms with Gasteiger partial charge in [0.25, 0.3) is 0 Å². The van der Waals surface area contributed by atoms with Crippen LogP contribution in [-0.4, -0.2) is 28.2 Å². The summed E-state index contributed by atoms with van der Waals surface area (Å²) in [5, 5.41) is 0.764. The molecule has 1 aromatic carbocycles. The van der Waals surface area contributed by atoms with E-state index in [2.05, 4.69) is 13.8 Å². The van der Waals surface area contributed by atoms with Crippen LogP contribution in [0.15, 0.2) is 24.3 Å². The van der Waals surface area contributed by atoms with Gasteiger partial charge in [-0.3, -0.25) is 4.90 Å². The van der Waals surface area contributed by atoms with Crippen molar-refractivity contribution in [2.75, 3.05) is 0 Å². The molecule has 1 saturated heterocycles. The highest BCUT2D eigenvalue weighted by Crippen LogP contribution is 2.35. The Bertz CT molecular complexity index is 563. The summed E-state index contributed by atoms with van der Waals surface area (Å²) in [6.45, 7) is 9.96. The average Bonchev–Trinajstić information content (AvgIpc) is 2.38. The number of hydrogen-bond acceptors (Lipinski definition) is 2. The Kier molecular flexibility index (Phi) is 5.30. The summed E-state index contributed by atoms with van der Waals surface area (Å²) in [6.07, 6.45) is 3.63. The van der Waals surface area contributed by atoms with Crippen LogP contribution in [0, 0.1) is 0 Å². The van der Waals surface area contributed by atoms with Gasteiger partial charge in [-0.1, -0.05) is 29.8 Å². The number of amides is 1. The lowest BCUT2D eigenvalue weighted by molar-refractivity contribution is -0.0260. The van der Waals surface area contributed by atoms with Gasteiger partial charge in [0, 0.05) is 16.6 Å². The Morgan fingerprint density at radius 1 is 1.35 bits per heavy atom. The largest absolute Gasteiger partial charge is 0.444 e. The van der Waals surface area contributed by atoms with Crippen molar-refractivity contribution in [1.29, 1.82) is 0 Å². The first kappa shape index (κ1) is 18.1. The molecule has 0 aliphatic carbocycles. The van der Waals surface area contributed by atoms with Gasteiger partial charge in [-0.25, -0.2) is 4.79 Å². The lowest BCUT2D eigenvalue weighted by Gasteiger charge is -2.48. The van der Waals surface area contributed by atoms with E-state index in [9.17, 15) is 4.79 Å². The normalized spacial score (nSPS) is 21.1. The molecule has 0 radical (unpaired) electrons. The second-order valence-corrected chi connectivity index (χ2v) is 8.41. The summed E-state index contributed by atoms with van der Waals surface area (Å²) in [7, 11) is 0. The molecule has 1 atom stereocenters. The quantitative estimate of drug-likeness (QED) is 0.718. The van der Waals surface area contributed by atoms with Crippen LogP contribution in [0.2, 0.25) is 5.02 Å². The van der Waals surface area contributed by atoms with Gasteiger partial charge in [-0.15, -0.1) is 0 Å². The highest BCUT2D eigenvalue weighted by molar-refractivity contribution is 6.31. The Morgan fingerprint density at radius 2 is 2.00 bits per heavy atom. The number of piperidine rings is 1. The minimum absolute atomic E-state index is 0.119. The van der Waals surface area contributed by atoms with E-state index in [1.54, 1.807) is 0 Å². The molecule has 3 nitrogen and oxygen atoms in total. The molecule has 1 heterocycles. The van der Waals surface area contributed by atoms with Crippen LogP contribution >= 0.6 is 11.6 Å². The van der Waals surface area contributed by atoms with E-state index in [-0.39, 0.29) is 17.7 Å². The Labute approximate surface area is 145 Å². The first-order valence-corrected chi connectivity index (χ1v) is 8.74. The molecule has 0 aromatic heterocycles. The van der Waals surface area contributed by atoms with Crippen LogP contribution in [0.3, 0.4) is 0 Å². The van der Waals surface area contributed by atoms with Gasteiger partial charge in [-0.2, -0.15) is 0 Å². The van der Waals surface area contributed by atoms with Crippen LogP contribution in [0.4, 0.5) is 4.79 Å². The van der Waals surface area contributed by atoms with Crippen LogP contribution in [0.5, 0.6) is 0 Å². The van der Waals surface area contributed by atoms with Crippen molar-refractivity contribution in [2.45, 2.75) is 77.5 Å². The lowest BCUT2D eigenvalue weighted by atomic mass is 9.84.